The second-order valence-electron chi connectivity index (χ2n) is 2.28. The van der Waals surface area contributed by atoms with Crippen LogP contribution in [0, 0.1) is 12.7 Å². The first-order valence-corrected chi connectivity index (χ1v) is 4.53. The molecule has 0 atom stereocenters. The van der Waals surface area contributed by atoms with Crippen LogP contribution in [0.5, 0.6) is 0 Å². The van der Waals surface area contributed by atoms with E-state index in [9.17, 15) is 9.18 Å². The number of thioether (sulfide) groups is 1. The van der Waals surface area contributed by atoms with Gasteiger partial charge in [0.2, 0.25) is 4.45 Å². The van der Waals surface area contributed by atoms with E-state index in [0.29, 0.717) is 10.5 Å². The van der Waals surface area contributed by atoms with Gasteiger partial charge in [0.25, 0.3) is 0 Å². The standard InChI is InChI=1S/C8H7FOS2/c1-5-4-6(12-8(10)11)2-3-7(5)9/h2-4H,1H3,(H,10,11). The van der Waals surface area contributed by atoms with Gasteiger partial charge >= 0.3 is 0 Å². The molecule has 0 unspecified atom stereocenters. The van der Waals surface area contributed by atoms with Crippen molar-refractivity contribution in [2.24, 2.45) is 0 Å². The molecule has 0 saturated carbocycles. The van der Waals surface area contributed by atoms with E-state index in [1.807, 2.05) is 0 Å². The van der Waals surface area contributed by atoms with Crippen LogP contribution in [0.4, 0.5) is 9.18 Å². The number of rotatable bonds is 1. The van der Waals surface area contributed by atoms with Crippen molar-refractivity contribution in [2.75, 3.05) is 0 Å². The highest BCUT2D eigenvalue weighted by Crippen LogP contribution is 2.22. The average molecular weight is 202 g/mol. The molecule has 0 radical (unpaired) electrons. The Hall–Kier alpha value is -0.480. The fraction of sp³-hybridized carbons (Fsp3) is 0.125. The number of hydrogen-bond acceptors (Lipinski definition) is 2. The van der Waals surface area contributed by atoms with Crippen molar-refractivity contribution in [3.05, 3.63) is 29.6 Å². The minimum absolute atomic E-state index is 0.258. The van der Waals surface area contributed by atoms with Crippen molar-refractivity contribution in [1.29, 1.82) is 0 Å². The summed E-state index contributed by atoms with van der Waals surface area (Å²) >= 11 is 4.58. The SMILES string of the molecule is Cc1cc(SC(=O)S)ccc1F. The lowest BCUT2D eigenvalue weighted by atomic mass is 10.2. The van der Waals surface area contributed by atoms with Gasteiger partial charge in [0.05, 0.1) is 0 Å². The summed E-state index contributed by atoms with van der Waals surface area (Å²) in [6.07, 6.45) is 0. The van der Waals surface area contributed by atoms with E-state index in [1.54, 1.807) is 19.1 Å². The molecule has 1 nitrogen and oxygen atoms in total. The topological polar surface area (TPSA) is 17.1 Å². The molecule has 0 fully saturated rings. The zero-order chi connectivity index (χ0) is 9.14. The highest BCUT2D eigenvalue weighted by molar-refractivity contribution is 8.32. The molecule has 0 aliphatic heterocycles. The molecule has 1 aromatic rings. The Balaban J connectivity index is 2.89. The van der Waals surface area contributed by atoms with Gasteiger partial charge in [-0.25, -0.2) is 4.39 Å². The summed E-state index contributed by atoms with van der Waals surface area (Å²) in [7, 11) is 0. The van der Waals surface area contributed by atoms with Gasteiger partial charge in [-0.1, -0.05) is 12.6 Å². The van der Waals surface area contributed by atoms with E-state index in [0.717, 1.165) is 11.8 Å². The van der Waals surface area contributed by atoms with Crippen LogP contribution in [-0.4, -0.2) is 4.45 Å². The van der Waals surface area contributed by atoms with Crippen molar-refractivity contribution in [3.8, 4) is 0 Å². The van der Waals surface area contributed by atoms with Crippen LogP contribution < -0.4 is 0 Å². The average Bonchev–Trinajstić information content (AvgIpc) is 1.96. The first-order chi connectivity index (χ1) is 5.59. The third-order valence-corrected chi connectivity index (χ3v) is 2.27. The van der Waals surface area contributed by atoms with Crippen molar-refractivity contribution in [2.45, 2.75) is 11.8 Å². The maximum absolute atomic E-state index is 12.7. The van der Waals surface area contributed by atoms with Crippen LogP contribution in [0.1, 0.15) is 5.56 Å². The van der Waals surface area contributed by atoms with E-state index in [1.165, 1.54) is 6.07 Å². The maximum atomic E-state index is 12.7. The Bertz CT molecular complexity index is 312. The van der Waals surface area contributed by atoms with Crippen LogP contribution in [-0.2, 0) is 0 Å². The first-order valence-electron chi connectivity index (χ1n) is 3.26. The monoisotopic (exact) mass is 202 g/mol. The molecule has 0 aliphatic carbocycles. The van der Waals surface area contributed by atoms with E-state index in [-0.39, 0.29) is 10.3 Å². The Morgan fingerprint density at radius 1 is 1.58 bits per heavy atom. The summed E-state index contributed by atoms with van der Waals surface area (Å²) in [5.74, 6) is -0.258. The van der Waals surface area contributed by atoms with Crippen molar-refractivity contribution < 1.29 is 9.18 Å². The lowest BCUT2D eigenvalue weighted by molar-refractivity contribution is 0.277. The second-order valence-corrected chi connectivity index (χ2v) is 4.03. The van der Waals surface area contributed by atoms with Crippen LogP contribution in [0.2, 0.25) is 0 Å². The Morgan fingerprint density at radius 2 is 2.25 bits per heavy atom. The van der Waals surface area contributed by atoms with Gasteiger partial charge < -0.3 is 0 Å². The van der Waals surface area contributed by atoms with E-state index in [2.05, 4.69) is 12.6 Å². The van der Waals surface area contributed by atoms with Gasteiger partial charge in [0, 0.05) is 4.90 Å². The number of carbonyl (C=O) groups excluding carboxylic acids is 1. The van der Waals surface area contributed by atoms with E-state index >= 15 is 0 Å². The fourth-order valence-corrected chi connectivity index (χ4v) is 1.67. The minimum Gasteiger partial charge on any atom is -0.274 e. The minimum atomic E-state index is -0.291. The number of carbonyl (C=O) groups is 1. The molecule has 0 aromatic heterocycles. The normalized spacial score (nSPS) is 9.92. The number of aryl methyl sites for hydroxylation is 1. The van der Waals surface area contributed by atoms with Gasteiger partial charge in [-0.15, -0.1) is 0 Å². The molecule has 0 bridgehead atoms. The molecule has 0 heterocycles. The van der Waals surface area contributed by atoms with Gasteiger partial charge in [-0.3, -0.25) is 4.79 Å². The lowest BCUT2D eigenvalue weighted by Crippen LogP contribution is -1.83. The van der Waals surface area contributed by atoms with E-state index in [4.69, 9.17) is 0 Å². The molecule has 0 amide bonds. The molecular formula is C8H7FOS2. The third-order valence-electron chi connectivity index (χ3n) is 1.33. The Labute approximate surface area is 79.8 Å². The molecule has 0 N–H and O–H groups in total. The molecule has 0 saturated heterocycles. The number of hydrogen-bond donors (Lipinski definition) is 1. The molecular weight excluding hydrogens is 195 g/mol. The largest absolute Gasteiger partial charge is 0.274 e. The Kier molecular flexibility index (Phi) is 3.17. The van der Waals surface area contributed by atoms with Crippen molar-refractivity contribution >= 4 is 28.8 Å². The van der Waals surface area contributed by atoms with Gasteiger partial charge in [-0.05, 0) is 42.4 Å². The van der Waals surface area contributed by atoms with Crippen molar-refractivity contribution in [3.63, 3.8) is 0 Å². The zero-order valence-electron chi connectivity index (χ0n) is 6.37. The van der Waals surface area contributed by atoms with Crippen LogP contribution in [0.25, 0.3) is 0 Å². The summed E-state index contributed by atoms with van der Waals surface area (Å²) < 4.78 is 12.4. The summed E-state index contributed by atoms with van der Waals surface area (Å²) in [6.45, 7) is 1.66. The van der Waals surface area contributed by atoms with Gasteiger partial charge in [0.1, 0.15) is 5.82 Å². The molecule has 12 heavy (non-hydrogen) atoms. The second kappa shape index (κ2) is 3.96. The highest BCUT2D eigenvalue weighted by Gasteiger charge is 2.01. The summed E-state index contributed by atoms with van der Waals surface area (Å²) in [5, 5.41) is 0. The molecule has 0 spiro atoms. The quantitative estimate of drug-likeness (QED) is 0.556. The number of benzene rings is 1. The summed E-state index contributed by atoms with van der Waals surface area (Å²) in [4.78, 5) is 11.3. The van der Waals surface area contributed by atoms with Gasteiger partial charge in [0.15, 0.2) is 0 Å². The summed E-state index contributed by atoms with van der Waals surface area (Å²) in [6, 6.07) is 4.52. The summed E-state index contributed by atoms with van der Waals surface area (Å²) in [5.41, 5.74) is 0.537. The first kappa shape index (κ1) is 9.61. The Morgan fingerprint density at radius 3 is 2.75 bits per heavy atom. The molecule has 1 aromatic carbocycles. The fourth-order valence-electron chi connectivity index (χ4n) is 0.781. The zero-order valence-corrected chi connectivity index (χ0v) is 8.08. The maximum Gasteiger partial charge on any atom is 0.247 e. The van der Waals surface area contributed by atoms with Gasteiger partial charge in [-0.2, -0.15) is 0 Å². The molecule has 1 rings (SSSR count). The molecule has 64 valence electrons. The highest BCUT2D eigenvalue weighted by atomic mass is 32.2. The molecule has 4 heteroatoms. The third kappa shape index (κ3) is 2.53. The van der Waals surface area contributed by atoms with Crippen LogP contribution in [0.15, 0.2) is 23.1 Å². The van der Waals surface area contributed by atoms with Crippen LogP contribution in [0.3, 0.4) is 0 Å². The predicted molar refractivity (Wildman–Crippen MR) is 51.4 cm³/mol. The number of halogens is 1. The van der Waals surface area contributed by atoms with Crippen LogP contribution >= 0.6 is 24.4 Å². The van der Waals surface area contributed by atoms with E-state index < -0.39 is 0 Å². The number of thiol groups is 1. The smallest absolute Gasteiger partial charge is 0.247 e. The molecule has 0 aliphatic rings. The lowest BCUT2D eigenvalue weighted by Gasteiger charge is -1.99. The predicted octanol–water partition coefficient (Wildman–Crippen LogP) is 3.28. The van der Waals surface area contributed by atoms with Crippen molar-refractivity contribution in [1.82, 2.24) is 0 Å².